The summed E-state index contributed by atoms with van der Waals surface area (Å²) in [6.07, 6.45) is -5.24. The fourth-order valence-electron chi connectivity index (χ4n) is 2.76. The van der Waals surface area contributed by atoms with Gasteiger partial charge in [0.15, 0.2) is 5.69 Å². The monoisotopic (exact) mass is 351 g/mol. The third-order valence-electron chi connectivity index (χ3n) is 3.72. The highest BCUT2D eigenvalue weighted by molar-refractivity contribution is 5.99. The number of hydrogen-bond acceptors (Lipinski definition) is 4. The van der Waals surface area contributed by atoms with Gasteiger partial charge in [-0.2, -0.15) is 13.2 Å². The van der Waals surface area contributed by atoms with Crippen LogP contribution in [0.25, 0.3) is 22.0 Å². The summed E-state index contributed by atoms with van der Waals surface area (Å²) >= 11 is 0. The van der Waals surface area contributed by atoms with Gasteiger partial charge in [-0.1, -0.05) is 12.1 Å². The van der Waals surface area contributed by atoms with Crippen LogP contribution in [-0.2, 0) is 6.18 Å². The van der Waals surface area contributed by atoms with Crippen LogP contribution in [0.1, 0.15) is 11.5 Å². The molecule has 0 saturated carbocycles. The molecule has 0 unspecified atom stereocenters. The SMILES string of the molecule is COc1nccc2c(-c3nc(C)n(C(=O)O)c3C(F)(F)F)cccc12. The summed E-state index contributed by atoms with van der Waals surface area (Å²) in [5.41, 5.74) is -1.64. The Morgan fingerprint density at radius 1 is 1.24 bits per heavy atom. The first-order valence-corrected chi connectivity index (χ1v) is 7.07. The quantitative estimate of drug-likeness (QED) is 0.756. The second-order valence-corrected chi connectivity index (χ2v) is 5.19. The molecule has 0 fully saturated rings. The van der Waals surface area contributed by atoms with Crippen LogP contribution in [0.4, 0.5) is 18.0 Å². The number of ether oxygens (including phenoxy) is 1. The van der Waals surface area contributed by atoms with E-state index in [4.69, 9.17) is 9.84 Å². The molecule has 0 aliphatic carbocycles. The number of aromatic nitrogens is 3. The Balaban J connectivity index is 2.41. The zero-order valence-corrected chi connectivity index (χ0v) is 13.1. The van der Waals surface area contributed by atoms with Gasteiger partial charge in [-0.05, 0) is 24.4 Å². The van der Waals surface area contributed by atoms with Gasteiger partial charge in [-0.3, -0.25) is 0 Å². The molecule has 0 bridgehead atoms. The van der Waals surface area contributed by atoms with Crippen LogP contribution in [0.15, 0.2) is 30.5 Å². The number of hydrogen-bond donors (Lipinski definition) is 1. The van der Waals surface area contributed by atoms with Gasteiger partial charge in [0.2, 0.25) is 5.88 Å². The molecule has 0 radical (unpaired) electrons. The third kappa shape index (κ3) is 2.67. The summed E-state index contributed by atoms with van der Waals surface area (Å²) in [5, 5.41) is 10.1. The van der Waals surface area contributed by atoms with E-state index in [1.807, 2.05) is 0 Å². The maximum Gasteiger partial charge on any atom is 0.434 e. The summed E-state index contributed by atoms with van der Waals surface area (Å²) in [7, 11) is 1.40. The van der Waals surface area contributed by atoms with Crippen LogP contribution in [-0.4, -0.2) is 32.8 Å². The lowest BCUT2D eigenvalue weighted by Gasteiger charge is -2.12. The lowest BCUT2D eigenvalue weighted by atomic mass is 10.0. The zero-order chi connectivity index (χ0) is 18.4. The highest BCUT2D eigenvalue weighted by Gasteiger charge is 2.41. The van der Waals surface area contributed by atoms with Crippen LogP contribution < -0.4 is 4.74 Å². The number of halogens is 3. The van der Waals surface area contributed by atoms with E-state index in [9.17, 15) is 18.0 Å². The molecule has 0 amide bonds. The normalized spacial score (nSPS) is 11.7. The number of aryl methyl sites for hydroxylation is 1. The zero-order valence-electron chi connectivity index (χ0n) is 13.1. The van der Waals surface area contributed by atoms with Crippen molar-refractivity contribution in [2.24, 2.45) is 0 Å². The summed E-state index contributed by atoms with van der Waals surface area (Å²) in [6.45, 7) is 1.21. The molecule has 3 aromatic rings. The smallest absolute Gasteiger partial charge is 0.434 e. The number of carboxylic acid groups (broad SMARTS) is 1. The van der Waals surface area contributed by atoms with Gasteiger partial charge in [0, 0.05) is 17.1 Å². The number of imidazole rings is 1. The van der Waals surface area contributed by atoms with E-state index in [2.05, 4.69) is 9.97 Å². The summed E-state index contributed by atoms with van der Waals surface area (Å²) < 4.78 is 45.9. The van der Waals surface area contributed by atoms with Crippen LogP contribution in [0.5, 0.6) is 5.88 Å². The second kappa shape index (κ2) is 5.76. The molecule has 0 aliphatic heterocycles. The number of pyridine rings is 1. The minimum atomic E-state index is -4.89. The summed E-state index contributed by atoms with van der Waals surface area (Å²) in [6, 6.07) is 6.17. The molecule has 0 spiro atoms. The third-order valence-corrected chi connectivity index (χ3v) is 3.72. The molecular formula is C16H12F3N3O3. The molecule has 1 aromatic carbocycles. The minimum Gasteiger partial charge on any atom is -0.481 e. The van der Waals surface area contributed by atoms with E-state index >= 15 is 0 Å². The van der Waals surface area contributed by atoms with Crippen molar-refractivity contribution < 1.29 is 27.8 Å². The number of benzene rings is 1. The lowest BCUT2D eigenvalue weighted by Crippen LogP contribution is -2.20. The number of methoxy groups -OCH3 is 1. The van der Waals surface area contributed by atoms with Gasteiger partial charge in [0.05, 0.1) is 7.11 Å². The van der Waals surface area contributed by atoms with E-state index in [1.54, 1.807) is 6.07 Å². The maximum absolute atomic E-state index is 13.6. The van der Waals surface area contributed by atoms with E-state index in [0.717, 1.165) is 0 Å². The van der Waals surface area contributed by atoms with Crippen molar-refractivity contribution in [2.75, 3.05) is 7.11 Å². The molecule has 0 saturated heterocycles. The topological polar surface area (TPSA) is 77.2 Å². The van der Waals surface area contributed by atoms with Gasteiger partial charge in [-0.25, -0.2) is 19.3 Å². The standard InChI is InChI=1S/C16H12F3N3O3/c1-8-21-12(13(16(17,18)19)22(8)15(23)24)10-4-3-5-11-9(10)6-7-20-14(11)25-2/h3-7H,1-2H3,(H,23,24). The molecule has 9 heteroatoms. The van der Waals surface area contributed by atoms with Crippen molar-refractivity contribution in [3.8, 4) is 17.1 Å². The number of fused-ring (bicyclic) bond motifs is 1. The molecule has 0 atom stereocenters. The first-order chi connectivity index (χ1) is 11.8. The van der Waals surface area contributed by atoms with E-state index in [1.165, 1.54) is 38.4 Å². The average Bonchev–Trinajstić information content (AvgIpc) is 2.91. The van der Waals surface area contributed by atoms with Crippen LogP contribution in [0.2, 0.25) is 0 Å². The van der Waals surface area contributed by atoms with Gasteiger partial charge in [0.1, 0.15) is 11.5 Å². The second-order valence-electron chi connectivity index (χ2n) is 5.19. The van der Waals surface area contributed by atoms with E-state index < -0.39 is 23.7 Å². The lowest BCUT2D eigenvalue weighted by molar-refractivity contribution is -0.142. The Kier molecular flexibility index (Phi) is 3.86. The Morgan fingerprint density at radius 2 is 1.96 bits per heavy atom. The summed E-state index contributed by atoms with van der Waals surface area (Å²) in [5.74, 6) is -0.0184. The van der Waals surface area contributed by atoms with Gasteiger partial charge in [-0.15, -0.1) is 0 Å². The number of alkyl halides is 3. The number of nitrogens with zero attached hydrogens (tertiary/aromatic N) is 3. The first kappa shape index (κ1) is 16.7. The Labute approximate surface area is 139 Å². The van der Waals surface area contributed by atoms with Crippen molar-refractivity contribution >= 4 is 16.9 Å². The van der Waals surface area contributed by atoms with Crippen LogP contribution in [0.3, 0.4) is 0 Å². The molecule has 0 aliphatic rings. The molecule has 2 heterocycles. The number of rotatable bonds is 2. The molecular weight excluding hydrogens is 339 g/mol. The highest BCUT2D eigenvalue weighted by Crippen LogP contribution is 2.40. The molecule has 25 heavy (non-hydrogen) atoms. The largest absolute Gasteiger partial charge is 0.481 e. The van der Waals surface area contributed by atoms with Crippen molar-refractivity contribution in [1.82, 2.24) is 14.5 Å². The van der Waals surface area contributed by atoms with E-state index in [-0.39, 0.29) is 21.8 Å². The Bertz CT molecular complexity index is 980. The van der Waals surface area contributed by atoms with Gasteiger partial charge < -0.3 is 9.84 Å². The Hall–Kier alpha value is -3.10. The van der Waals surface area contributed by atoms with E-state index in [0.29, 0.717) is 10.8 Å². The predicted octanol–water partition coefficient (Wildman–Crippen LogP) is 3.96. The van der Waals surface area contributed by atoms with Crippen molar-refractivity contribution in [3.05, 3.63) is 42.0 Å². The Morgan fingerprint density at radius 3 is 2.56 bits per heavy atom. The summed E-state index contributed by atoms with van der Waals surface area (Å²) in [4.78, 5) is 19.2. The molecule has 1 N–H and O–H groups in total. The molecule has 2 aromatic heterocycles. The molecule has 130 valence electrons. The van der Waals surface area contributed by atoms with Gasteiger partial charge in [0.25, 0.3) is 0 Å². The van der Waals surface area contributed by atoms with Crippen molar-refractivity contribution in [1.29, 1.82) is 0 Å². The van der Waals surface area contributed by atoms with Gasteiger partial charge >= 0.3 is 12.3 Å². The number of carbonyl (C=O) groups is 1. The average molecular weight is 351 g/mol. The first-order valence-electron chi connectivity index (χ1n) is 7.07. The van der Waals surface area contributed by atoms with Crippen LogP contribution in [0, 0.1) is 6.92 Å². The fourth-order valence-corrected chi connectivity index (χ4v) is 2.76. The predicted molar refractivity (Wildman–Crippen MR) is 82.7 cm³/mol. The van der Waals surface area contributed by atoms with Crippen molar-refractivity contribution in [2.45, 2.75) is 13.1 Å². The fraction of sp³-hybridized carbons (Fsp3) is 0.188. The maximum atomic E-state index is 13.6. The van der Waals surface area contributed by atoms with Crippen molar-refractivity contribution in [3.63, 3.8) is 0 Å². The minimum absolute atomic E-state index is 0.145. The molecule has 3 rings (SSSR count). The van der Waals surface area contributed by atoms with Crippen LogP contribution >= 0.6 is 0 Å². The highest BCUT2D eigenvalue weighted by atomic mass is 19.4. The molecule has 6 nitrogen and oxygen atoms in total.